The molecule has 1 N–H and O–H groups in total. The van der Waals surface area contributed by atoms with Crippen molar-refractivity contribution in [3.8, 4) is 5.75 Å². The van der Waals surface area contributed by atoms with Gasteiger partial charge in [-0.1, -0.05) is 38.1 Å². The summed E-state index contributed by atoms with van der Waals surface area (Å²) >= 11 is 0. The summed E-state index contributed by atoms with van der Waals surface area (Å²) in [5.41, 5.74) is 1.30. The molecule has 0 aromatic heterocycles. The van der Waals surface area contributed by atoms with Crippen molar-refractivity contribution in [1.29, 1.82) is 0 Å². The number of aryl methyl sites for hydroxylation is 1. The Morgan fingerprint density at radius 1 is 1.24 bits per heavy atom. The number of carbonyl (C=O) groups excluding carboxylic acids is 1. The van der Waals surface area contributed by atoms with Gasteiger partial charge in [-0.05, 0) is 41.3 Å². The van der Waals surface area contributed by atoms with E-state index in [1.54, 1.807) is 7.11 Å². The molecular weight excluding hydrogens is 262 g/mol. The van der Waals surface area contributed by atoms with Crippen molar-refractivity contribution in [2.24, 2.45) is 5.92 Å². The maximum absolute atomic E-state index is 11.5. The zero-order valence-electron chi connectivity index (χ0n) is 13.0. The summed E-state index contributed by atoms with van der Waals surface area (Å²) in [5, 5.41) is 5.41. The van der Waals surface area contributed by atoms with Gasteiger partial charge in [-0.3, -0.25) is 4.79 Å². The number of amides is 1. The van der Waals surface area contributed by atoms with Crippen molar-refractivity contribution >= 4 is 16.7 Å². The first-order valence-corrected chi connectivity index (χ1v) is 7.45. The number of nitrogens with one attached hydrogen (secondary N) is 1. The first-order chi connectivity index (χ1) is 10.1. The summed E-state index contributed by atoms with van der Waals surface area (Å²) in [7, 11) is 1.69. The minimum atomic E-state index is 0.0480. The molecule has 0 bridgehead atoms. The Hall–Kier alpha value is -2.03. The zero-order chi connectivity index (χ0) is 15.2. The zero-order valence-corrected chi connectivity index (χ0v) is 13.0. The van der Waals surface area contributed by atoms with Crippen LogP contribution in [0.1, 0.15) is 25.8 Å². The normalized spacial score (nSPS) is 10.9. The fourth-order valence-electron chi connectivity index (χ4n) is 2.36. The lowest BCUT2D eigenvalue weighted by atomic mass is 10.0. The van der Waals surface area contributed by atoms with Crippen molar-refractivity contribution in [3.63, 3.8) is 0 Å². The fraction of sp³-hybridized carbons (Fsp3) is 0.389. The second-order valence-corrected chi connectivity index (χ2v) is 5.55. The Balaban J connectivity index is 2.03. The number of hydrogen-bond donors (Lipinski definition) is 1. The van der Waals surface area contributed by atoms with Crippen LogP contribution in [0.5, 0.6) is 5.75 Å². The molecule has 0 aliphatic rings. The lowest BCUT2D eigenvalue weighted by Gasteiger charge is -2.10. The molecule has 0 radical (unpaired) electrons. The van der Waals surface area contributed by atoms with E-state index in [1.807, 2.05) is 19.9 Å². The number of rotatable bonds is 6. The lowest BCUT2D eigenvalue weighted by Crippen LogP contribution is -2.28. The van der Waals surface area contributed by atoms with Gasteiger partial charge < -0.3 is 10.1 Å². The molecule has 0 aliphatic carbocycles. The minimum Gasteiger partial charge on any atom is -0.497 e. The number of hydrogen-bond acceptors (Lipinski definition) is 2. The molecule has 0 fully saturated rings. The van der Waals surface area contributed by atoms with Crippen LogP contribution < -0.4 is 10.1 Å². The summed E-state index contributed by atoms with van der Waals surface area (Å²) in [5.74, 6) is 1.05. The molecule has 0 saturated heterocycles. The molecule has 0 aliphatic heterocycles. The molecule has 2 rings (SSSR count). The molecule has 0 saturated carbocycles. The average Bonchev–Trinajstić information content (AvgIpc) is 2.50. The molecule has 21 heavy (non-hydrogen) atoms. The fourth-order valence-corrected chi connectivity index (χ4v) is 2.36. The molecule has 0 unspecified atom stereocenters. The smallest absolute Gasteiger partial charge is 0.222 e. The van der Waals surface area contributed by atoms with Crippen LogP contribution in [0.2, 0.25) is 0 Å². The summed E-state index contributed by atoms with van der Waals surface area (Å²) in [6.07, 6.45) is 1.89. The highest BCUT2D eigenvalue weighted by Gasteiger charge is 2.06. The van der Waals surface area contributed by atoms with Gasteiger partial charge >= 0.3 is 0 Å². The molecule has 3 heteroatoms. The van der Waals surface area contributed by atoms with Crippen LogP contribution in [0.15, 0.2) is 36.4 Å². The predicted octanol–water partition coefficient (Wildman–Crippen LogP) is 3.55. The van der Waals surface area contributed by atoms with Crippen LogP contribution in [-0.2, 0) is 11.2 Å². The third-order valence-electron chi connectivity index (χ3n) is 3.63. The molecule has 2 aromatic carbocycles. The van der Waals surface area contributed by atoms with Crippen molar-refractivity contribution < 1.29 is 9.53 Å². The third-order valence-corrected chi connectivity index (χ3v) is 3.63. The Bertz CT molecular complexity index is 620. The van der Waals surface area contributed by atoms with Crippen LogP contribution in [0.3, 0.4) is 0 Å². The Morgan fingerprint density at radius 3 is 2.76 bits per heavy atom. The molecule has 0 spiro atoms. The number of ether oxygens (including phenoxy) is 1. The van der Waals surface area contributed by atoms with Crippen LogP contribution >= 0.6 is 0 Å². The highest BCUT2D eigenvalue weighted by molar-refractivity contribution is 5.87. The first kappa shape index (κ1) is 15.4. The largest absolute Gasteiger partial charge is 0.497 e. The first-order valence-electron chi connectivity index (χ1n) is 7.45. The van der Waals surface area contributed by atoms with Crippen LogP contribution in [0.25, 0.3) is 10.8 Å². The second kappa shape index (κ2) is 7.11. The van der Waals surface area contributed by atoms with Gasteiger partial charge in [0.15, 0.2) is 0 Å². The standard InChI is InChI=1S/C18H23NO2/c1-13(2)18(20)19-11-5-8-14-6-4-7-15-9-10-16(21-3)12-17(14)15/h4,6-7,9-10,12-13H,5,8,11H2,1-3H3,(H,19,20). The summed E-state index contributed by atoms with van der Waals surface area (Å²) in [6.45, 7) is 4.54. The van der Waals surface area contributed by atoms with E-state index in [0.29, 0.717) is 0 Å². The second-order valence-electron chi connectivity index (χ2n) is 5.55. The molecule has 1 amide bonds. The van der Waals surface area contributed by atoms with Gasteiger partial charge in [0.2, 0.25) is 5.91 Å². The van der Waals surface area contributed by atoms with E-state index in [1.165, 1.54) is 16.3 Å². The van der Waals surface area contributed by atoms with E-state index in [4.69, 9.17) is 4.74 Å². The molecule has 0 heterocycles. The van der Waals surface area contributed by atoms with E-state index >= 15 is 0 Å². The van der Waals surface area contributed by atoms with E-state index in [-0.39, 0.29) is 11.8 Å². The van der Waals surface area contributed by atoms with Gasteiger partial charge in [0, 0.05) is 12.5 Å². The highest BCUT2D eigenvalue weighted by atomic mass is 16.5. The minimum absolute atomic E-state index is 0.0480. The van der Waals surface area contributed by atoms with Gasteiger partial charge in [-0.15, -0.1) is 0 Å². The van der Waals surface area contributed by atoms with Gasteiger partial charge in [0.05, 0.1) is 7.11 Å². The molecule has 2 aromatic rings. The van der Waals surface area contributed by atoms with E-state index in [9.17, 15) is 4.79 Å². The molecule has 112 valence electrons. The van der Waals surface area contributed by atoms with Gasteiger partial charge in [0.25, 0.3) is 0 Å². The number of benzene rings is 2. The predicted molar refractivity (Wildman–Crippen MR) is 86.7 cm³/mol. The van der Waals surface area contributed by atoms with Crippen LogP contribution in [0, 0.1) is 5.92 Å². The topological polar surface area (TPSA) is 38.3 Å². The van der Waals surface area contributed by atoms with E-state index in [0.717, 1.165) is 25.1 Å². The van der Waals surface area contributed by atoms with Crippen LogP contribution in [0.4, 0.5) is 0 Å². The Labute approximate surface area is 126 Å². The maximum Gasteiger partial charge on any atom is 0.222 e. The van der Waals surface area contributed by atoms with E-state index in [2.05, 4.69) is 35.6 Å². The number of carbonyl (C=O) groups is 1. The number of methoxy groups -OCH3 is 1. The van der Waals surface area contributed by atoms with Crippen molar-refractivity contribution in [2.45, 2.75) is 26.7 Å². The van der Waals surface area contributed by atoms with Crippen molar-refractivity contribution in [3.05, 3.63) is 42.0 Å². The summed E-state index contributed by atoms with van der Waals surface area (Å²) < 4.78 is 5.30. The lowest BCUT2D eigenvalue weighted by molar-refractivity contribution is -0.123. The Morgan fingerprint density at radius 2 is 2.05 bits per heavy atom. The van der Waals surface area contributed by atoms with E-state index < -0.39 is 0 Å². The molecule has 0 atom stereocenters. The van der Waals surface area contributed by atoms with Crippen LogP contribution in [-0.4, -0.2) is 19.6 Å². The Kier molecular flexibility index (Phi) is 5.20. The quantitative estimate of drug-likeness (QED) is 0.824. The average molecular weight is 285 g/mol. The SMILES string of the molecule is COc1ccc2cccc(CCCNC(=O)C(C)C)c2c1. The number of fused-ring (bicyclic) bond motifs is 1. The summed E-state index contributed by atoms with van der Waals surface area (Å²) in [6, 6.07) is 12.5. The molecule has 3 nitrogen and oxygen atoms in total. The summed E-state index contributed by atoms with van der Waals surface area (Å²) in [4.78, 5) is 11.5. The van der Waals surface area contributed by atoms with Crippen molar-refractivity contribution in [2.75, 3.05) is 13.7 Å². The van der Waals surface area contributed by atoms with Gasteiger partial charge in [-0.2, -0.15) is 0 Å². The van der Waals surface area contributed by atoms with Gasteiger partial charge in [0.1, 0.15) is 5.75 Å². The highest BCUT2D eigenvalue weighted by Crippen LogP contribution is 2.24. The third kappa shape index (κ3) is 3.97. The monoisotopic (exact) mass is 285 g/mol. The van der Waals surface area contributed by atoms with Gasteiger partial charge in [-0.25, -0.2) is 0 Å². The molecular formula is C18H23NO2. The van der Waals surface area contributed by atoms with Crippen molar-refractivity contribution in [1.82, 2.24) is 5.32 Å². The maximum atomic E-state index is 11.5.